The molecule has 22 heavy (non-hydrogen) atoms. The number of nitrogens with zero attached hydrogens (tertiary/aromatic N) is 2. The first-order chi connectivity index (χ1) is 10.7. The fraction of sp³-hybridized carbons (Fsp3) is 0.0625. The number of rotatable bonds is 3. The molecule has 2 aromatic carbocycles. The second-order valence-electron chi connectivity index (χ2n) is 4.51. The molecule has 3 aromatic rings. The maximum atomic E-state index is 12.0. The molecule has 6 nitrogen and oxygen atoms in total. The third-order valence-corrected chi connectivity index (χ3v) is 2.89. The lowest BCUT2D eigenvalue weighted by Crippen LogP contribution is -2.17. The molecule has 110 valence electrons. The zero-order valence-electron chi connectivity index (χ0n) is 11.8. The molecule has 1 aromatic heterocycles. The Labute approximate surface area is 126 Å². The van der Waals surface area contributed by atoms with Crippen molar-refractivity contribution in [1.29, 1.82) is 0 Å². The molecule has 6 heteroatoms. The van der Waals surface area contributed by atoms with E-state index in [2.05, 4.69) is 15.5 Å². The molecule has 0 spiro atoms. The first-order valence-corrected chi connectivity index (χ1v) is 6.66. The maximum absolute atomic E-state index is 12.0. The van der Waals surface area contributed by atoms with E-state index in [0.717, 1.165) is 0 Å². The van der Waals surface area contributed by atoms with E-state index in [4.69, 9.17) is 9.26 Å². The molecule has 0 atom stereocenters. The van der Waals surface area contributed by atoms with Crippen molar-refractivity contribution in [3.8, 4) is 17.1 Å². The van der Waals surface area contributed by atoms with Crippen molar-refractivity contribution in [1.82, 2.24) is 10.1 Å². The van der Waals surface area contributed by atoms with Gasteiger partial charge in [0.2, 0.25) is 11.7 Å². The van der Waals surface area contributed by atoms with Gasteiger partial charge in [0.25, 0.3) is 0 Å². The summed E-state index contributed by atoms with van der Waals surface area (Å²) >= 11 is 0. The van der Waals surface area contributed by atoms with Crippen LogP contribution in [0.25, 0.3) is 11.4 Å². The van der Waals surface area contributed by atoms with Gasteiger partial charge < -0.3 is 9.26 Å². The Kier molecular flexibility index (Phi) is 3.82. The highest BCUT2D eigenvalue weighted by molar-refractivity contribution is 5.91. The number of para-hydroxylation sites is 2. The van der Waals surface area contributed by atoms with Crippen LogP contribution in [0.15, 0.2) is 59.1 Å². The van der Waals surface area contributed by atoms with Crippen LogP contribution in [0.5, 0.6) is 5.75 Å². The summed E-state index contributed by atoms with van der Waals surface area (Å²) in [6.07, 6.45) is -0.584. The summed E-state index contributed by atoms with van der Waals surface area (Å²) in [4.78, 5) is 16.1. The van der Waals surface area contributed by atoms with Gasteiger partial charge in [-0.1, -0.05) is 35.5 Å². The van der Waals surface area contributed by atoms with E-state index in [1.807, 2.05) is 12.1 Å². The van der Waals surface area contributed by atoms with Crippen LogP contribution in [0.3, 0.4) is 0 Å². The van der Waals surface area contributed by atoms with Crippen molar-refractivity contribution in [2.75, 3.05) is 5.32 Å². The van der Waals surface area contributed by atoms with Gasteiger partial charge in [-0.05, 0) is 24.3 Å². The molecule has 0 fully saturated rings. The maximum Gasteiger partial charge on any atom is 0.417 e. The quantitative estimate of drug-likeness (QED) is 0.798. The topological polar surface area (TPSA) is 77.2 Å². The Hall–Kier alpha value is -3.15. The summed E-state index contributed by atoms with van der Waals surface area (Å²) in [5.41, 5.74) is 1.20. The van der Waals surface area contributed by atoms with Crippen LogP contribution in [0.4, 0.5) is 10.5 Å². The first kappa shape index (κ1) is 13.8. The summed E-state index contributed by atoms with van der Waals surface area (Å²) in [6.45, 7) is 1.70. The Bertz CT molecular complexity index is 784. The second kappa shape index (κ2) is 6.09. The number of aromatic nitrogens is 2. The molecule has 0 aliphatic carbocycles. The van der Waals surface area contributed by atoms with Crippen LogP contribution in [0.2, 0.25) is 0 Å². The first-order valence-electron chi connectivity index (χ1n) is 6.66. The van der Waals surface area contributed by atoms with Gasteiger partial charge in [-0.15, -0.1) is 0 Å². The van der Waals surface area contributed by atoms with Crippen LogP contribution in [-0.4, -0.2) is 16.2 Å². The number of hydrogen-bond acceptors (Lipinski definition) is 5. The number of carbonyl (C=O) groups is 1. The molecule has 1 N–H and O–H groups in total. The molecule has 0 unspecified atom stereocenters. The number of carbonyl (C=O) groups excluding carboxylic acids is 1. The highest BCUT2D eigenvalue weighted by Crippen LogP contribution is 2.25. The van der Waals surface area contributed by atoms with Crippen LogP contribution < -0.4 is 10.1 Å². The molecule has 0 saturated carbocycles. The van der Waals surface area contributed by atoms with E-state index in [9.17, 15) is 4.79 Å². The Morgan fingerprint density at radius 2 is 1.82 bits per heavy atom. The van der Waals surface area contributed by atoms with Crippen molar-refractivity contribution in [3.63, 3.8) is 0 Å². The predicted molar refractivity (Wildman–Crippen MR) is 80.6 cm³/mol. The molecule has 0 bridgehead atoms. The van der Waals surface area contributed by atoms with Gasteiger partial charge >= 0.3 is 6.09 Å². The minimum absolute atomic E-state index is 0.410. The lowest BCUT2D eigenvalue weighted by atomic mass is 10.1. The van der Waals surface area contributed by atoms with Gasteiger partial charge in [-0.2, -0.15) is 4.98 Å². The summed E-state index contributed by atoms with van der Waals surface area (Å²) in [7, 11) is 0. The van der Waals surface area contributed by atoms with Crippen molar-refractivity contribution in [3.05, 3.63) is 60.5 Å². The average Bonchev–Trinajstić information content (AvgIpc) is 2.95. The summed E-state index contributed by atoms with van der Waals surface area (Å²) in [5.74, 6) is 1.33. The molecular formula is C16H13N3O3. The van der Waals surface area contributed by atoms with Crippen LogP contribution in [-0.2, 0) is 0 Å². The lowest BCUT2D eigenvalue weighted by Gasteiger charge is -2.09. The minimum Gasteiger partial charge on any atom is -0.410 e. The van der Waals surface area contributed by atoms with Crippen LogP contribution in [0.1, 0.15) is 5.89 Å². The van der Waals surface area contributed by atoms with Gasteiger partial charge in [0.05, 0.1) is 5.69 Å². The normalized spacial score (nSPS) is 10.2. The van der Waals surface area contributed by atoms with E-state index >= 15 is 0 Å². The zero-order valence-corrected chi connectivity index (χ0v) is 11.8. The van der Waals surface area contributed by atoms with Gasteiger partial charge in [0.15, 0.2) is 0 Å². The van der Waals surface area contributed by atoms with Crippen LogP contribution >= 0.6 is 0 Å². The Morgan fingerprint density at radius 3 is 2.55 bits per heavy atom. The molecule has 0 radical (unpaired) electrons. The third-order valence-electron chi connectivity index (χ3n) is 2.89. The Balaban J connectivity index is 1.79. The predicted octanol–water partition coefficient (Wildman–Crippen LogP) is 3.66. The van der Waals surface area contributed by atoms with E-state index in [1.165, 1.54) is 0 Å². The zero-order chi connectivity index (χ0) is 15.4. The smallest absolute Gasteiger partial charge is 0.410 e. The number of amides is 1. The largest absolute Gasteiger partial charge is 0.417 e. The van der Waals surface area contributed by atoms with Crippen molar-refractivity contribution in [2.45, 2.75) is 6.92 Å². The van der Waals surface area contributed by atoms with E-state index in [1.54, 1.807) is 49.4 Å². The van der Waals surface area contributed by atoms with Gasteiger partial charge in [0.1, 0.15) is 5.75 Å². The standard InChI is InChI=1S/C16H13N3O3/c1-11-17-15(19-22-11)13-9-5-6-10-14(13)18-16(20)21-12-7-3-2-4-8-12/h2-10H,1H3,(H,18,20). The average molecular weight is 295 g/mol. The van der Waals surface area contributed by atoms with E-state index in [0.29, 0.717) is 28.7 Å². The third kappa shape index (κ3) is 3.12. The number of anilines is 1. The lowest BCUT2D eigenvalue weighted by molar-refractivity contribution is 0.215. The number of nitrogens with one attached hydrogen (secondary N) is 1. The molecule has 1 amide bonds. The molecule has 3 rings (SSSR count). The molecular weight excluding hydrogens is 282 g/mol. The van der Waals surface area contributed by atoms with Gasteiger partial charge in [0, 0.05) is 12.5 Å². The minimum atomic E-state index is -0.584. The highest BCUT2D eigenvalue weighted by Gasteiger charge is 2.13. The SMILES string of the molecule is Cc1nc(-c2ccccc2NC(=O)Oc2ccccc2)no1. The Morgan fingerprint density at radius 1 is 1.09 bits per heavy atom. The number of benzene rings is 2. The van der Waals surface area contributed by atoms with Crippen molar-refractivity contribution >= 4 is 11.8 Å². The fourth-order valence-corrected chi connectivity index (χ4v) is 1.93. The van der Waals surface area contributed by atoms with E-state index < -0.39 is 6.09 Å². The molecule has 0 saturated heterocycles. The highest BCUT2D eigenvalue weighted by atomic mass is 16.6. The summed E-state index contributed by atoms with van der Waals surface area (Å²) < 4.78 is 10.2. The van der Waals surface area contributed by atoms with Gasteiger partial charge in [-0.25, -0.2) is 4.79 Å². The fourth-order valence-electron chi connectivity index (χ4n) is 1.93. The van der Waals surface area contributed by atoms with Crippen molar-refractivity contribution in [2.24, 2.45) is 0 Å². The summed E-state index contributed by atoms with van der Waals surface area (Å²) in [6, 6.07) is 16.0. The molecule has 0 aliphatic heterocycles. The second-order valence-corrected chi connectivity index (χ2v) is 4.51. The summed E-state index contributed by atoms with van der Waals surface area (Å²) in [5, 5.41) is 6.54. The monoisotopic (exact) mass is 295 g/mol. The van der Waals surface area contributed by atoms with E-state index in [-0.39, 0.29) is 0 Å². The molecule has 0 aliphatic rings. The number of ether oxygens (including phenoxy) is 1. The number of hydrogen-bond donors (Lipinski definition) is 1. The van der Waals surface area contributed by atoms with Crippen molar-refractivity contribution < 1.29 is 14.1 Å². The van der Waals surface area contributed by atoms with Crippen LogP contribution in [0, 0.1) is 6.92 Å². The van der Waals surface area contributed by atoms with Gasteiger partial charge in [-0.3, -0.25) is 5.32 Å². The molecule has 1 heterocycles. The number of aryl methyl sites for hydroxylation is 1.